The largest absolute Gasteiger partial charge is 0.480 e. The molecule has 0 bridgehead atoms. The number of carboxylic acids is 1. The van der Waals surface area contributed by atoms with E-state index < -0.39 is 10.7 Å². The molecule has 0 aliphatic rings. The molecule has 0 spiro atoms. The third kappa shape index (κ3) is 3.41. The van der Waals surface area contributed by atoms with E-state index in [1.54, 1.807) is 50.5 Å². The number of aliphatic carboxylic acids is 1. The first kappa shape index (κ1) is 16.3. The minimum Gasteiger partial charge on any atom is -0.480 e. The Kier molecular flexibility index (Phi) is 4.74. The molecule has 0 atom stereocenters. The Morgan fingerprint density at radius 2 is 2.14 bits per heavy atom. The molecule has 0 aliphatic carbocycles. The molecule has 0 aliphatic heterocycles. The van der Waals surface area contributed by atoms with Gasteiger partial charge in [-0.25, -0.2) is 0 Å². The maximum atomic E-state index is 11.3. The van der Waals surface area contributed by atoms with Gasteiger partial charge >= 0.3 is 5.97 Å². The molecule has 2 aromatic rings. The van der Waals surface area contributed by atoms with Crippen molar-refractivity contribution in [2.45, 2.75) is 23.5 Å². The van der Waals surface area contributed by atoms with Crippen LogP contribution in [0.3, 0.4) is 0 Å². The van der Waals surface area contributed by atoms with Crippen LogP contribution in [0.1, 0.15) is 19.4 Å². The van der Waals surface area contributed by atoms with Gasteiger partial charge in [0.2, 0.25) is 0 Å². The van der Waals surface area contributed by atoms with Crippen LogP contribution in [0.2, 0.25) is 5.02 Å². The molecular formula is C16H13ClN2O2S. The average Bonchev–Trinajstić information content (AvgIpc) is 2.47. The Morgan fingerprint density at radius 3 is 2.73 bits per heavy atom. The van der Waals surface area contributed by atoms with Gasteiger partial charge in [-0.1, -0.05) is 17.7 Å². The summed E-state index contributed by atoms with van der Waals surface area (Å²) in [4.78, 5) is 16.2. The zero-order valence-electron chi connectivity index (χ0n) is 12.0. The lowest BCUT2D eigenvalue weighted by Crippen LogP contribution is -2.27. The third-order valence-electron chi connectivity index (χ3n) is 3.06. The summed E-state index contributed by atoms with van der Waals surface area (Å²) in [5, 5.41) is 18.6. The standard InChI is InChI=1S/C16H13ClN2O2S/c1-16(2,15(20)21)22-14-5-6-19-9-12(14)10-3-4-11(8-18)13(17)7-10/h3-7,9H,1-2H3,(H,20,21). The van der Waals surface area contributed by atoms with Gasteiger partial charge in [0, 0.05) is 22.9 Å². The Bertz CT molecular complexity index is 769. The minimum atomic E-state index is -0.966. The van der Waals surface area contributed by atoms with Gasteiger partial charge in [0.25, 0.3) is 0 Å². The van der Waals surface area contributed by atoms with Crippen LogP contribution in [0.25, 0.3) is 11.1 Å². The molecule has 0 unspecified atom stereocenters. The van der Waals surface area contributed by atoms with Crippen molar-refractivity contribution >= 4 is 29.3 Å². The van der Waals surface area contributed by atoms with Gasteiger partial charge in [0.15, 0.2) is 0 Å². The van der Waals surface area contributed by atoms with Gasteiger partial charge in [-0.2, -0.15) is 5.26 Å². The zero-order chi connectivity index (χ0) is 16.3. The zero-order valence-corrected chi connectivity index (χ0v) is 13.6. The number of aromatic nitrogens is 1. The fraction of sp³-hybridized carbons (Fsp3) is 0.188. The molecule has 22 heavy (non-hydrogen) atoms. The van der Waals surface area contributed by atoms with Crippen LogP contribution < -0.4 is 0 Å². The van der Waals surface area contributed by atoms with Crippen molar-refractivity contribution in [3.63, 3.8) is 0 Å². The van der Waals surface area contributed by atoms with Crippen LogP contribution in [-0.4, -0.2) is 20.8 Å². The van der Waals surface area contributed by atoms with Gasteiger partial charge in [0.05, 0.1) is 10.6 Å². The summed E-state index contributed by atoms with van der Waals surface area (Å²) in [6.07, 6.45) is 3.28. The van der Waals surface area contributed by atoms with E-state index in [1.807, 2.05) is 6.07 Å². The molecule has 2 rings (SSSR count). The first-order valence-corrected chi connectivity index (χ1v) is 7.61. The molecule has 0 radical (unpaired) electrons. The van der Waals surface area contributed by atoms with Crippen molar-refractivity contribution in [1.29, 1.82) is 5.26 Å². The molecular weight excluding hydrogens is 320 g/mol. The highest BCUT2D eigenvalue weighted by Gasteiger charge is 2.29. The Hall–Kier alpha value is -2.03. The van der Waals surface area contributed by atoms with Crippen LogP contribution in [-0.2, 0) is 4.79 Å². The molecule has 112 valence electrons. The summed E-state index contributed by atoms with van der Waals surface area (Å²) < 4.78 is -0.966. The predicted octanol–water partition coefficient (Wildman–Crippen LogP) is 4.23. The Morgan fingerprint density at radius 1 is 1.41 bits per heavy atom. The molecule has 0 saturated heterocycles. The van der Waals surface area contributed by atoms with Gasteiger partial charge in [0.1, 0.15) is 10.8 Å². The van der Waals surface area contributed by atoms with Crippen LogP contribution in [0.15, 0.2) is 41.6 Å². The predicted molar refractivity (Wildman–Crippen MR) is 87.0 cm³/mol. The highest BCUT2D eigenvalue weighted by molar-refractivity contribution is 8.01. The average molecular weight is 333 g/mol. The molecule has 6 heteroatoms. The van der Waals surface area contributed by atoms with E-state index in [2.05, 4.69) is 4.98 Å². The van der Waals surface area contributed by atoms with Gasteiger partial charge in [-0.05, 0) is 37.6 Å². The second-order valence-corrected chi connectivity index (χ2v) is 7.17. The van der Waals surface area contributed by atoms with Crippen molar-refractivity contribution in [3.8, 4) is 17.2 Å². The molecule has 0 amide bonds. The topological polar surface area (TPSA) is 74.0 Å². The highest BCUT2D eigenvalue weighted by Crippen LogP contribution is 2.39. The maximum Gasteiger partial charge on any atom is 0.319 e. The normalized spacial score (nSPS) is 11.0. The molecule has 4 nitrogen and oxygen atoms in total. The number of halogens is 1. The monoisotopic (exact) mass is 332 g/mol. The lowest BCUT2D eigenvalue weighted by atomic mass is 10.1. The number of nitriles is 1. The molecule has 1 heterocycles. The number of carbonyl (C=O) groups is 1. The number of nitrogens with zero attached hydrogens (tertiary/aromatic N) is 2. The van der Waals surface area contributed by atoms with Crippen LogP contribution in [0.5, 0.6) is 0 Å². The lowest BCUT2D eigenvalue weighted by Gasteiger charge is -2.20. The number of pyridine rings is 1. The van der Waals surface area contributed by atoms with E-state index in [0.717, 1.165) is 16.0 Å². The Balaban J connectivity index is 2.47. The molecule has 1 aromatic carbocycles. The number of hydrogen-bond donors (Lipinski definition) is 1. The van der Waals surface area contributed by atoms with Crippen molar-refractivity contribution < 1.29 is 9.90 Å². The third-order valence-corrected chi connectivity index (χ3v) is 4.64. The van der Waals surface area contributed by atoms with Gasteiger partial charge in [-0.15, -0.1) is 11.8 Å². The van der Waals surface area contributed by atoms with Crippen LogP contribution in [0.4, 0.5) is 0 Å². The van der Waals surface area contributed by atoms with Crippen molar-refractivity contribution in [1.82, 2.24) is 4.98 Å². The molecule has 0 saturated carbocycles. The van der Waals surface area contributed by atoms with Crippen LogP contribution >= 0.6 is 23.4 Å². The van der Waals surface area contributed by atoms with Gasteiger partial charge in [-0.3, -0.25) is 9.78 Å². The summed E-state index contributed by atoms with van der Waals surface area (Å²) in [6.45, 7) is 3.30. The Labute approximate surface area is 137 Å². The number of rotatable bonds is 4. The van der Waals surface area contributed by atoms with Crippen molar-refractivity contribution in [3.05, 3.63) is 47.2 Å². The second kappa shape index (κ2) is 6.39. The summed E-state index contributed by atoms with van der Waals surface area (Å²) in [6, 6.07) is 8.89. The second-order valence-electron chi connectivity index (χ2n) is 5.10. The number of thioether (sulfide) groups is 1. The minimum absolute atomic E-state index is 0.359. The summed E-state index contributed by atoms with van der Waals surface area (Å²) >= 11 is 7.32. The van der Waals surface area contributed by atoms with E-state index in [9.17, 15) is 9.90 Å². The van der Waals surface area contributed by atoms with E-state index in [1.165, 1.54) is 11.8 Å². The first-order chi connectivity index (χ1) is 10.3. The van der Waals surface area contributed by atoms with E-state index in [-0.39, 0.29) is 0 Å². The highest BCUT2D eigenvalue weighted by atomic mass is 35.5. The van der Waals surface area contributed by atoms with E-state index in [4.69, 9.17) is 16.9 Å². The summed E-state index contributed by atoms with van der Waals surface area (Å²) in [7, 11) is 0. The fourth-order valence-corrected chi connectivity index (χ4v) is 3.05. The lowest BCUT2D eigenvalue weighted by molar-refractivity contribution is -0.138. The number of benzene rings is 1. The van der Waals surface area contributed by atoms with Crippen LogP contribution in [0, 0.1) is 11.3 Å². The molecule has 1 N–H and O–H groups in total. The molecule has 0 fully saturated rings. The van der Waals surface area contributed by atoms with E-state index in [0.29, 0.717) is 10.6 Å². The summed E-state index contributed by atoms with van der Waals surface area (Å²) in [5.74, 6) is -0.891. The maximum absolute atomic E-state index is 11.3. The first-order valence-electron chi connectivity index (χ1n) is 6.41. The summed E-state index contributed by atoms with van der Waals surface area (Å²) in [5.41, 5.74) is 1.98. The smallest absolute Gasteiger partial charge is 0.319 e. The van der Waals surface area contributed by atoms with Crippen molar-refractivity contribution in [2.75, 3.05) is 0 Å². The number of carboxylic acid groups (broad SMARTS) is 1. The fourth-order valence-electron chi connectivity index (χ4n) is 1.78. The quantitative estimate of drug-likeness (QED) is 0.848. The number of hydrogen-bond acceptors (Lipinski definition) is 4. The van der Waals surface area contributed by atoms with Gasteiger partial charge < -0.3 is 5.11 Å². The van der Waals surface area contributed by atoms with Crippen molar-refractivity contribution in [2.24, 2.45) is 0 Å². The van der Waals surface area contributed by atoms with E-state index >= 15 is 0 Å². The SMILES string of the molecule is CC(C)(Sc1ccncc1-c1ccc(C#N)c(Cl)c1)C(=O)O. The molecule has 1 aromatic heterocycles.